The smallest absolute Gasteiger partial charge is 0.251 e. The second kappa shape index (κ2) is 7.60. The van der Waals surface area contributed by atoms with E-state index in [0.717, 1.165) is 12.8 Å². The Kier molecular flexibility index (Phi) is 5.79. The van der Waals surface area contributed by atoms with Gasteiger partial charge in [0.1, 0.15) is 0 Å². The Labute approximate surface area is 131 Å². The van der Waals surface area contributed by atoms with Crippen LogP contribution in [-0.2, 0) is 14.8 Å². The van der Waals surface area contributed by atoms with Gasteiger partial charge in [0.2, 0.25) is 10.0 Å². The number of methoxy groups -OCH3 is 1. The van der Waals surface area contributed by atoms with Gasteiger partial charge in [0.25, 0.3) is 5.91 Å². The Hall–Kier alpha value is -1.60. The molecule has 1 fully saturated rings. The van der Waals surface area contributed by atoms with Gasteiger partial charge in [-0.2, -0.15) is 0 Å². The van der Waals surface area contributed by atoms with Gasteiger partial charge in [0.15, 0.2) is 0 Å². The number of nitrogens with one attached hydrogen (secondary N) is 1. The van der Waals surface area contributed by atoms with Crippen molar-refractivity contribution in [3.05, 3.63) is 29.8 Å². The van der Waals surface area contributed by atoms with E-state index >= 15 is 0 Å². The molecule has 0 saturated carbocycles. The lowest BCUT2D eigenvalue weighted by atomic mass is 10.2. The summed E-state index contributed by atoms with van der Waals surface area (Å²) in [6.07, 6.45) is 2.33. The summed E-state index contributed by atoms with van der Waals surface area (Å²) in [6, 6.07) is 6.69. The molecule has 1 aromatic rings. The molecule has 7 heteroatoms. The topological polar surface area (TPSA) is 75.7 Å². The maximum absolute atomic E-state index is 12.0. The van der Waals surface area contributed by atoms with Crippen LogP contribution in [0, 0.1) is 0 Å². The largest absolute Gasteiger partial charge is 0.385 e. The Morgan fingerprint density at radius 1 is 1.27 bits per heavy atom. The number of anilines is 1. The molecule has 1 saturated heterocycles. The van der Waals surface area contributed by atoms with E-state index in [9.17, 15) is 13.2 Å². The highest BCUT2D eigenvalue weighted by atomic mass is 32.2. The monoisotopic (exact) mass is 326 g/mol. The second-order valence-electron chi connectivity index (χ2n) is 5.24. The van der Waals surface area contributed by atoms with E-state index in [1.165, 1.54) is 4.31 Å². The second-order valence-corrected chi connectivity index (χ2v) is 7.26. The van der Waals surface area contributed by atoms with Gasteiger partial charge >= 0.3 is 0 Å². The van der Waals surface area contributed by atoms with Gasteiger partial charge in [-0.05, 0) is 43.5 Å². The number of ether oxygens (including phenoxy) is 1. The van der Waals surface area contributed by atoms with Gasteiger partial charge in [0.05, 0.1) is 11.4 Å². The number of hydrogen-bond donors (Lipinski definition) is 1. The minimum Gasteiger partial charge on any atom is -0.385 e. The number of carbonyl (C=O) groups is 1. The Morgan fingerprint density at radius 2 is 2.00 bits per heavy atom. The van der Waals surface area contributed by atoms with Crippen molar-refractivity contribution in [2.75, 3.05) is 36.9 Å². The van der Waals surface area contributed by atoms with Crippen molar-refractivity contribution >= 4 is 21.6 Å². The molecule has 122 valence electrons. The molecule has 1 aliphatic heterocycles. The van der Waals surface area contributed by atoms with E-state index in [1.807, 2.05) is 0 Å². The maximum Gasteiger partial charge on any atom is 0.251 e. The third kappa shape index (κ3) is 4.20. The summed E-state index contributed by atoms with van der Waals surface area (Å²) < 4.78 is 30.4. The van der Waals surface area contributed by atoms with Crippen LogP contribution in [0.3, 0.4) is 0 Å². The molecule has 0 aliphatic carbocycles. The van der Waals surface area contributed by atoms with Gasteiger partial charge in [0, 0.05) is 32.4 Å². The number of carbonyl (C=O) groups excluding carboxylic acids is 1. The molecule has 0 aromatic heterocycles. The number of sulfonamides is 1. The van der Waals surface area contributed by atoms with E-state index in [-0.39, 0.29) is 11.7 Å². The molecular weight excluding hydrogens is 304 g/mol. The summed E-state index contributed by atoms with van der Waals surface area (Å²) in [5.41, 5.74) is 1.14. The average molecular weight is 326 g/mol. The molecule has 22 heavy (non-hydrogen) atoms. The van der Waals surface area contributed by atoms with Gasteiger partial charge in [-0.3, -0.25) is 9.10 Å². The minimum atomic E-state index is -3.21. The summed E-state index contributed by atoms with van der Waals surface area (Å²) in [7, 11) is -1.59. The van der Waals surface area contributed by atoms with E-state index in [1.54, 1.807) is 31.4 Å². The first-order valence-electron chi connectivity index (χ1n) is 7.42. The third-order valence-corrected chi connectivity index (χ3v) is 5.45. The fraction of sp³-hybridized carbons (Fsp3) is 0.533. The molecule has 0 bridgehead atoms. The van der Waals surface area contributed by atoms with E-state index in [2.05, 4.69) is 5.32 Å². The fourth-order valence-electron chi connectivity index (χ4n) is 2.38. The van der Waals surface area contributed by atoms with Crippen LogP contribution < -0.4 is 9.62 Å². The predicted octanol–water partition coefficient (Wildman–Crippen LogP) is 1.38. The summed E-state index contributed by atoms with van der Waals surface area (Å²) >= 11 is 0. The minimum absolute atomic E-state index is 0.163. The third-order valence-electron chi connectivity index (χ3n) is 3.58. The quantitative estimate of drug-likeness (QED) is 0.802. The van der Waals surface area contributed by atoms with Crippen molar-refractivity contribution in [1.82, 2.24) is 5.32 Å². The van der Waals surface area contributed by atoms with Crippen molar-refractivity contribution < 1.29 is 17.9 Å². The zero-order valence-electron chi connectivity index (χ0n) is 12.7. The first-order chi connectivity index (χ1) is 10.5. The zero-order valence-corrected chi connectivity index (χ0v) is 13.6. The van der Waals surface area contributed by atoms with Gasteiger partial charge in [-0.15, -0.1) is 0 Å². The van der Waals surface area contributed by atoms with Gasteiger partial charge in [-0.25, -0.2) is 8.42 Å². The molecular formula is C15H22N2O4S. The summed E-state index contributed by atoms with van der Waals surface area (Å²) in [6.45, 7) is 1.66. The van der Waals surface area contributed by atoms with Crippen LogP contribution >= 0.6 is 0 Å². The van der Waals surface area contributed by atoms with Crippen LogP contribution in [0.2, 0.25) is 0 Å². The summed E-state index contributed by atoms with van der Waals surface area (Å²) in [5, 5.41) is 2.80. The molecule has 1 aromatic carbocycles. The molecule has 2 rings (SSSR count). The lowest BCUT2D eigenvalue weighted by Gasteiger charge is -2.28. The number of nitrogens with zero attached hydrogens (tertiary/aromatic N) is 1. The van der Waals surface area contributed by atoms with Crippen LogP contribution in [-0.4, -0.2) is 46.9 Å². The maximum atomic E-state index is 12.0. The van der Waals surface area contributed by atoms with Crippen molar-refractivity contribution in [1.29, 1.82) is 0 Å². The number of hydrogen-bond acceptors (Lipinski definition) is 4. The molecule has 1 amide bonds. The van der Waals surface area contributed by atoms with E-state index in [0.29, 0.717) is 37.4 Å². The lowest BCUT2D eigenvalue weighted by molar-refractivity contribution is 0.0948. The molecule has 0 unspecified atom stereocenters. The standard InChI is InChI=1S/C15H22N2O4S/c1-21-11-4-9-16-15(18)13-5-7-14(8-6-13)17-10-2-3-12-22(17,19)20/h5-8H,2-4,9-12H2,1H3,(H,16,18). The van der Waals surface area contributed by atoms with Crippen LogP contribution in [0.4, 0.5) is 5.69 Å². The highest BCUT2D eigenvalue weighted by Crippen LogP contribution is 2.23. The van der Waals surface area contributed by atoms with Crippen LogP contribution in [0.25, 0.3) is 0 Å². The molecule has 0 radical (unpaired) electrons. The van der Waals surface area contributed by atoms with Crippen LogP contribution in [0.1, 0.15) is 29.6 Å². The molecule has 0 atom stereocenters. The normalized spacial score (nSPS) is 17.2. The highest BCUT2D eigenvalue weighted by molar-refractivity contribution is 7.92. The van der Waals surface area contributed by atoms with Crippen molar-refractivity contribution in [2.24, 2.45) is 0 Å². The first-order valence-corrected chi connectivity index (χ1v) is 9.03. The predicted molar refractivity (Wildman–Crippen MR) is 85.6 cm³/mol. The Morgan fingerprint density at radius 3 is 2.64 bits per heavy atom. The molecule has 1 N–H and O–H groups in total. The number of amides is 1. The van der Waals surface area contributed by atoms with Crippen molar-refractivity contribution in [2.45, 2.75) is 19.3 Å². The number of benzene rings is 1. The fourth-order valence-corrected chi connectivity index (χ4v) is 4.02. The van der Waals surface area contributed by atoms with Crippen molar-refractivity contribution in [3.8, 4) is 0 Å². The molecule has 0 spiro atoms. The van der Waals surface area contributed by atoms with Gasteiger partial charge in [-0.1, -0.05) is 0 Å². The summed E-state index contributed by atoms with van der Waals surface area (Å²) in [4.78, 5) is 11.9. The van der Waals surface area contributed by atoms with Crippen LogP contribution in [0.15, 0.2) is 24.3 Å². The SMILES string of the molecule is COCCCNC(=O)c1ccc(N2CCCCS2(=O)=O)cc1. The highest BCUT2D eigenvalue weighted by Gasteiger charge is 2.25. The van der Waals surface area contributed by atoms with Crippen LogP contribution in [0.5, 0.6) is 0 Å². The molecule has 1 aliphatic rings. The number of rotatable bonds is 6. The Bertz CT molecular complexity index is 598. The van der Waals surface area contributed by atoms with E-state index in [4.69, 9.17) is 4.74 Å². The molecule has 1 heterocycles. The van der Waals surface area contributed by atoms with E-state index < -0.39 is 10.0 Å². The summed E-state index contributed by atoms with van der Waals surface area (Å²) in [5.74, 6) is 0.0264. The molecule has 6 nitrogen and oxygen atoms in total. The van der Waals surface area contributed by atoms with Gasteiger partial charge < -0.3 is 10.1 Å². The Balaban J connectivity index is 1.99. The first kappa shape index (κ1) is 16.8. The van der Waals surface area contributed by atoms with Crippen molar-refractivity contribution in [3.63, 3.8) is 0 Å². The average Bonchev–Trinajstić information content (AvgIpc) is 2.51. The lowest BCUT2D eigenvalue weighted by Crippen LogP contribution is -2.37. The zero-order chi connectivity index (χ0) is 16.0.